The van der Waals surface area contributed by atoms with Crippen molar-refractivity contribution in [1.82, 2.24) is 19.6 Å². The van der Waals surface area contributed by atoms with E-state index in [4.69, 9.17) is 0 Å². The second-order valence-electron chi connectivity index (χ2n) is 6.42. The number of benzene rings is 1. The first-order valence-corrected chi connectivity index (χ1v) is 9.21. The minimum Gasteiger partial charge on any atom is -0.326 e. The number of hydrogen-bond donors (Lipinski definition) is 1. The predicted molar refractivity (Wildman–Crippen MR) is 101 cm³/mol. The molecule has 0 radical (unpaired) electrons. The molecule has 28 heavy (non-hydrogen) atoms. The zero-order valence-electron chi connectivity index (χ0n) is 15.4. The van der Waals surface area contributed by atoms with Gasteiger partial charge in [0.1, 0.15) is 0 Å². The highest BCUT2D eigenvalue weighted by atomic mass is 79.9. The Hall–Kier alpha value is -2.49. The molecule has 1 N–H and O–H groups in total. The molecule has 3 rings (SSSR count). The van der Waals surface area contributed by atoms with Crippen molar-refractivity contribution in [1.29, 1.82) is 0 Å². The highest BCUT2D eigenvalue weighted by molar-refractivity contribution is 9.10. The fraction of sp³-hybridized carbons (Fsp3) is 0.333. The lowest BCUT2D eigenvalue weighted by Gasteiger charge is -2.11. The second-order valence-corrected chi connectivity index (χ2v) is 7.27. The molecule has 10 heteroatoms. The van der Waals surface area contributed by atoms with E-state index >= 15 is 0 Å². The van der Waals surface area contributed by atoms with Crippen LogP contribution >= 0.6 is 15.9 Å². The zero-order valence-corrected chi connectivity index (χ0v) is 16.9. The van der Waals surface area contributed by atoms with Gasteiger partial charge in [0.05, 0.1) is 0 Å². The van der Waals surface area contributed by atoms with E-state index in [2.05, 4.69) is 36.3 Å². The van der Waals surface area contributed by atoms with Crippen LogP contribution < -0.4 is 5.32 Å². The fourth-order valence-electron chi connectivity index (χ4n) is 2.87. The number of carbonyl (C=O) groups is 1. The monoisotopic (exact) mass is 455 g/mol. The summed E-state index contributed by atoms with van der Waals surface area (Å²) in [4.78, 5) is 19.8. The van der Waals surface area contributed by atoms with Crippen molar-refractivity contribution in [2.24, 2.45) is 0 Å². The van der Waals surface area contributed by atoms with Crippen molar-refractivity contribution in [2.75, 3.05) is 5.32 Å². The Bertz CT molecular complexity index is 1060. The van der Waals surface area contributed by atoms with E-state index in [9.17, 15) is 18.0 Å². The first kappa shape index (κ1) is 20.2. The number of fused-ring (bicyclic) bond motifs is 1. The Kier molecular flexibility index (Phi) is 5.42. The Labute approximate surface area is 167 Å². The zero-order chi connectivity index (χ0) is 20.6. The third-order valence-electron chi connectivity index (χ3n) is 4.35. The number of halogens is 4. The van der Waals surface area contributed by atoms with Gasteiger partial charge >= 0.3 is 6.18 Å². The van der Waals surface area contributed by atoms with Gasteiger partial charge in [-0.1, -0.05) is 15.9 Å². The summed E-state index contributed by atoms with van der Waals surface area (Å²) >= 11 is 3.40. The van der Waals surface area contributed by atoms with Gasteiger partial charge in [-0.2, -0.15) is 18.2 Å². The number of nitrogens with zero attached hydrogens (tertiary/aromatic N) is 4. The molecule has 0 spiro atoms. The highest BCUT2D eigenvalue weighted by Crippen LogP contribution is 2.27. The smallest absolute Gasteiger partial charge is 0.326 e. The summed E-state index contributed by atoms with van der Waals surface area (Å²) in [5, 5.41) is 6.33. The fourth-order valence-corrected chi connectivity index (χ4v) is 3.12. The summed E-state index contributed by atoms with van der Waals surface area (Å²) in [6.45, 7) is 5.24. The molecule has 2 heterocycles. The van der Waals surface area contributed by atoms with Crippen LogP contribution in [0.1, 0.15) is 34.8 Å². The molecule has 0 fully saturated rings. The largest absolute Gasteiger partial charge is 0.453 e. The van der Waals surface area contributed by atoms with Crippen molar-refractivity contribution >= 4 is 33.3 Å². The van der Waals surface area contributed by atoms with E-state index in [1.54, 1.807) is 19.9 Å². The second kappa shape index (κ2) is 7.50. The van der Waals surface area contributed by atoms with Crippen molar-refractivity contribution in [3.63, 3.8) is 0 Å². The van der Waals surface area contributed by atoms with Crippen LogP contribution in [0.15, 0.2) is 22.7 Å². The van der Waals surface area contributed by atoms with Gasteiger partial charge < -0.3 is 5.32 Å². The molecule has 2 aromatic heterocycles. The van der Waals surface area contributed by atoms with E-state index in [0.717, 1.165) is 14.6 Å². The van der Waals surface area contributed by atoms with Crippen LogP contribution in [0.4, 0.5) is 18.9 Å². The van der Waals surface area contributed by atoms with Gasteiger partial charge in [0.25, 0.3) is 11.6 Å². The molecule has 0 aliphatic carbocycles. The maximum absolute atomic E-state index is 12.9. The van der Waals surface area contributed by atoms with Crippen molar-refractivity contribution in [3.05, 3.63) is 51.0 Å². The molecule has 0 aliphatic rings. The first-order valence-electron chi connectivity index (χ1n) is 8.42. The topological polar surface area (TPSA) is 72.2 Å². The van der Waals surface area contributed by atoms with Crippen LogP contribution in [0, 0.1) is 20.8 Å². The summed E-state index contributed by atoms with van der Waals surface area (Å²) < 4.78 is 40.6. The van der Waals surface area contributed by atoms with E-state index in [1.807, 2.05) is 19.1 Å². The Morgan fingerprint density at radius 2 is 1.93 bits per heavy atom. The molecule has 6 nitrogen and oxygen atoms in total. The Balaban J connectivity index is 1.78. The summed E-state index contributed by atoms with van der Waals surface area (Å²) in [5.74, 6) is -1.54. The Morgan fingerprint density at radius 1 is 1.21 bits per heavy atom. The van der Waals surface area contributed by atoms with Gasteiger partial charge in [0.15, 0.2) is 0 Å². The third kappa shape index (κ3) is 4.16. The molecule has 1 amide bonds. The van der Waals surface area contributed by atoms with Gasteiger partial charge in [-0.25, -0.2) is 9.50 Å². The van der Waals surface area contributed by atoms with Crippen LogP contribution in [-0.4, -0.2) is 25.5 Å². The van der Waals surface area contributed by atoms with Gasteiger partial charge in [-0.3, -0.25) is 4.79 Å². The number of carbonyl (C=O) groups excluding carboxylic acids is 1. The highest BCUT2D eigenvalue weighted by Gasteiger charge is 2.36. The van der Waals surface area contributed by atoms with Crippen LogP contribution in [0.5, 0.6) is 0 Å². The quantitative estimate of drug-likeness (QED) is 0.632. The number of anilines is 1. The average molecular weight is 456 g/mol. The van der Waals surface area contributed by atoms with Crippen LogP contribution in [0.25, 0.3) is 5.78 Å². The molecule has 148 valence electrons. The van der Waals surface area contributed by atoms with E-state index in [-0.39, 0.29) is 18.1 Å². The molecule has 0 bridgehead atoms. The van der Waals surface area contributed by atoms with Crippen LogP contribution in [0.2, 0.25) is 0 Å². The summed E-state index contributed by atoms with van der Waals surface area (Å²) in [6.07, 6.45) is -4.16. The van der Waals surface area contributed by atoms with Crippen molar-refractivity contribution in [2.45, 2.75) is 39.8 Å². The molecular formula is C18H17BrF3N5O. The lowest BCUT2D eigenvalue weighted by atomic mass is 10.1. The van der Waals surface area contributed by atoms with E-state index in [1.165, 1.54) is 0 Å². The standard InChI is InChI=1S/C18H17BrF3N5O/c1-9-8-12(4-6-14(9)19)24-15(28)7-5-13-10(2)23-17-25-16(18(20,21)22)26-27(17)11(13)3/h4,6,8H,5,7H2,1-3H3,(H,24,28). The van der Waals surface area contributed by atoms with E-state index < -0.39 is 12.0 Å². The lowest BCUT2D eigenvalue weighted by molar-refractivity contribution is -0.144. The lowest BCUT2D eigenvalue weighted by Crippen LogP contribution is -2.14. The van der Waals surface area contributed by atoms with Gasteiger partial charge in [0, 0.05) is 28.0 Å². The maximum atomic E-state index is 12.9. The van der Waals surface area contributed by atoms with Gasteiger partial charge in [-0.15, -0.1) is 5.10 Å². The van der Waals surface area contributed by atoms with Gasteiger partial charge in [-0.05, 0) is 56.5 Å². The number of amides is 1. The number of hydrogen-bond acceptors (Lipinski definition) is 4. The molecule has 3 aromatic rings. The molecular weight excluding hydrogens is 439 g/mol. The molecule has 0 unspecified atom stereocenters. The SMILES string of the molecule is Cc1cc(NC(=O)CCc2c(C)nc3nc(C(F)(F)F)nn3c2C)ccc1Br. The minimum absolute atomic E-state index is 0.110. The maximum Gasteiger partial charge on any atom is 0.453 e. The molecule has 0 saturated carbocycles. The van der Waals surface area contributed by atoms with Crippen molar-refractivity contribution < 1.29 is 18.0 Å². The molecule has 1 aromatic carbocycles. The summed E-state index contributed by atoms with van der Waals surface area (Å²) in [5.41, 5.74) is 3.36. The normalized spacial score (nSPS) is 11.8. The number of aromatic nitrogens is 4. The number of rotatable bonds is 4. The molecule has 0 saturated heterocycles. The predicted octanol–water partition coefficient (Wildman–Crippen LogP) is 4.40. The number of aryl methyl sites for hydroxylation is 3. The molecule has 0 aliphatic heterocycles. The number of nitrogens with one attached hydrogen (secondary N) is 1. The summed E-state index contributed by atoms with van der Waals surface area (Å²) in [7, 11) is 0. The van der Waals surface area contributed by atoms with E-state index in [0.29, 0.717) is 29.1 Å². The van der Waals surface area contributed by atoms with Crippen LogP contribution in [0.3, 0.4) is 0 Å². The minimum atomic E-state index is -4.64. The van der Waals surface area contributed by atoms with Gasteiger partial charge in [0.2, 0.25) is 5.91 Å². The first-order chi connectivity index (χ1) is 13.1. The van der Waals surface area contributed by atoms with Crippen molar-refractivity contribution in [3.8, 4) is 0 Å². The number of alkyl halides is 3. The molecule has 0 atom stereocenters. The summed E-state index contributed by atoms with van der Waals surface area (Å²) in [6, 6.07) is 5.48. The average Bonchev–Trinajstić information content (AvgIpc) is 3.02. The Morgan fingerprint density at radius 3 is 2.57 bits per heavy atom. The van der Waals surface area contributed by atoms with Crippen LogP contribution in [-0.2, 0) is 17.4 Å². The third-order valence-corrected chi connectivity index (χ3v) is 5.24.